The van der Waals surface area contributed by atoms with Gasteiger partial charge in [0, 0.05) is 22.1 Å². The van der Waals surface area contributed by atoms with Crippen LogP contribution in [-0.4, -0.2) is 13.2 Å². The maximum atomic E-state index is 6.47. The van der Waals surface area contributed by atoms with Gasteiger partial charge in [-0.15, -0.1) is 0 Å². The van der Waals surface area contributed by atoms with Crippen molar-refractivity contribution in [1.82, 2.24) is 0 Å². The first kappa shape index (κ1) is 14.8. The Bertz CT molecular complexity index is 496. The normalized spacial score (nSPS) is 23.9. The minimum Gasteiger partial charge on any atom is -0.496 e. The number of ether oxygens (including phenoxy) is 1. The van der Waals surface area contributed by atoms with Crippen molar-refractivity contribution in [3.8, 4) is 5.75 Å². The predicted molar refractivity (Wildman–Crippen MR) is 82.5 cm³/mol. The smallest absolute Gasteiger partial charge is 0.127 e. The molecule has 1 atom stereocenters. The second kappa shape index (κ2) is 5.43. The van der Waals surface area contributed by atoms with E-state index in [4.69, 9.17) is 16.2 Å². The molecular formula is C15H23BrN2O. The highest BCUT2D eigenvalue weighted by Crippen LogP contribution is 2.44. The Morgan fingerprint density at radius 3 is 2.21 bits per heavy atom. The van der Waals surface area contributed by atoms with Crippen molar-refractivity contribution in [2.75, 3.05) is 7.11 Å². The van der Waals surface area contributed by atoms with Gasteiger partial charge in [0.2, 0.25) is 0 Å². The Hall–Kier alpha value is -0.580. The number of hydrogen-bond donors (Lipinski definition) is 2. The van der Waals surface area contributed by atoms with Gasteiger partial charge in [-0.05, 0) is 56.2 Å². The fraction of sp³-hybridized carbons (Fsp3) is 0.600. The molecule has 0 radical (unpaired) electrons. The van der Waals surface area contributed by atoms with E-state index in [-0.39, 0.29) is 6.04 Å². The molecule has 4 N–H and O–H groups in total. The van der Waals surface area contributed by atoms with Crippen LogP contribution in [0.5, 0.6) is 5.75 Å². The largest absolute Gasteiger partial charge is 0.496 e. The van der Waals surface area contributed by atoms with Crippen LogP contribution in [0.15, 0.2) is 4.47 Å². The third-order valence-corrected chi connectivity index (χ3v) is 5.66. The van der Waals surface area contributed by atoms with E-state index in [1.165, 1.54) is 11.1 Å². The first-order valence-electron chi connectivity index (χ1n) is 6.72. The zero-order valence-corrected chi connectivity index (χ0v) is 13.7. The minimum atomic E-state index is 0.00495. The van der Waals surface area contributed by atoms with E-state index >= 15 is 0 Å². The van der Waals surface area contributed by atoms with Crippen molar-refractivity contribution < 1.29 is 4.74 Å². The van der Waals surface area contributed by atoms with Crippen LogP contribution in [0, 0.1) is 26.7 Å². The second-order valence-electron chi connectivity index (χ2n) is 5.65. The van der Waals surface area contributed by atoms with Crippen LogP contribution in [0.2, 0.25) is 0 Å². The van der Waals surface area contributed by atoms with Crippen LogP contribution in [0.3, 0.4) is 0 Å². The summed E-state index contributed by atoms with van der Waals surface area (Å²) in [7, 11) is 1.72. The molecule has 0 amide bonds. The molecule has 3 nitrogen and oxygen atoms in total. The third kappa shape index (κ3) is 2.41. The summed E-state index contributed by atoms with van der Waals surface area (Å²) < 4.78 is 6.77. The summed E-state index contributed by atoms with van der Waals surface area (Å²) in [6.07, 6.45) is 2.02. The van der Waals surface area contributed by atoms with Gasteiger partial charge < -0.3 is 16.2 Å². The van der Waals surface area contributed by atoms with Gasteiger partial charge in [0.15, 0.2) is 0 Å². The molecule has 1 saturated carbocycles. The molecule has 1 aliphatic carbocycles. The SMILES string of the molecule is COc1c(C)c(C)c(Br)c(C)c1C(N)C1CC(N)C1. The Morgan fingerprint density at radius 1 is 1.16 bits per heavy atom. The predicted octanol–water partition coefficient (Wildman–Crippen LogP) is 3.12. The Kier molecular flexibility index (Phi) is 4.23. The lowest BCUT2D eigenvalue weighted by Crippen LogP contribution is -2.42. The zero-order valence-electron chi connectivity index (χ0n) is 12.1. The van der Waals surface area contributed by atoms with Gasteiger partial charge in [-0.3, -0.25) is 0 Å². The van der Waals surface area contributed by atoms with Crippen molar-refractivity contribution in [3.63, 3.8) is 0 Å². The lowest BCUT2D eigenvalue weighted by Gasteiger charge is -2.38. The summed E-state index contributed by atoms with van der Waals surface area (Å²) in [5, 5.41) is 0. The van der Waals surface area contributed by atoms with Crippen molar-refractivity contribution >= 4 is 15.9 Å². The molecule has 1 unspecified atom stereocenters. The maximum Gasteiger partial charge on any atom is 0.127 e. The Morgan fingerprint density at radius 2 is 1.74 bits per heavy atom. The third-order valence-electron chi connectivity index (χ3n) is 4.47. The van der Waals surface area contributed by atoms with Gasteiger partial charge in [0.05, 0.1) is 7.11 Å². The molecule has 0 saturated heterocycles. The van der Waals surface area contributed by atoms with E-state index in [0.717, 1.165) is 34.2 Å². The number of nitrogens with two attached hydrogens (primary N) is 2. The van der Waals surface area contributed by atoms with Gasteiger partial charge in [-0.1, -0.05) is 15.9 Å². The van der Waals surface area contributed by atoms with Crippen molar-refractivity contribution in [2.24, 2.45) is 17.4 Å². The summed E-state index contributed by atoms with van der Waals surface area (Å²) in [5.74, 6) is 1.41. The van der Waals surface area contributed by atoms with E-state index < -0.39 is 0 Å². The molecule has 4 heteroatoms. The number of benzene rings is 1. The highest BCUT2D eigenvalue weighted by atomic mass is 79.9. The monoisotopic (exact) mass is 326 g/mol. The van der Waals surface area contributed by atoms with Crippen LogP contribution in [0.25, 0.3) is 0 Å². The van der Waals surface area contributed by atoms with Gasteiger partial charge in [-0.2, -0.15) is 0 Å². The van der Waals surface area contributed by atoms with Crippen molar-refractivity contribution in [2.45, 2.75) is 45.7 Å². The molecule has 0 bridgehead atoms. The van der Waals surface area contributed by atoms with Crippen LogP contribution in [0.1, 0.15) is 41.1 Å². The summed E-state index contributed by atoms with van der Waals surface area (Å²) in [6, 6.07) is 0.322. The molecule has 0 heterocycles. The average Bonchev–Trinajstić information content (AvgIpc) is 2.35. The fourth-order valence-corrected chi connectivity index (χ4v) is 3.52. The molecule has 1 aromatic carbocycles. The van der Waals surface area contributed by atoms with E-state index in [9.17, 15) is 0 Å². The molecule has 0 aromatic heterocycles. The Balaban J connectivity index is 2.49. The fourth-order valence-electron chi connectivity index (χ4n) is 3.01. The summed E-state index contributed by atoms with van der Waals surface area (Å²) in [5.41, 5.74) is 17.1. The molecule has 1 aliphatic rings. The van der Waals surface area contributed by atoms with E-state index in [1.54, 1.807) is 7.11 Å². The maximum absolute atomic E-state index is 6.47. The van der Waals surface area contributed by atoms with Gasteiger partial charge >= 0.3 is 0 Å². The summed E-state index contributed by atoms with van der Waals surface area (Å²) in [4.78, 5) is 0. The van der Waals surface area contributed by atoms with E-state index in [1.807, 2.05) is 0 Å². The van der Waals surface area contributed by atoms with E-state index in [2.05, 4.69) is 36.7 Å². The number of hydrogen-bond acceptors (Lipinski definition) is 3. The van der Waals surface area contributed by atoms with E-state index in [0.29, 0.717) is 12.0 Å². The molecule has 0 spiro atoms. The first-order valence-corrected chi connectivity index (χ1v) is 7.52. The summed E-state index contributed by atoms with van der Waals surface area (Å²) in [6.45, 7) is 6.29. The molecule has 19 heavy (non-hydrogen) atoms. The quantitative estimate of drug-likeness (QED) is 0.897. The number of rotatable bonds is 3. The highest BCUT2D eigenvalue weighted by Gasteiger charge is 2.34. The van der Waals surface area contributed by atoms with Crippen LogP contribution >= 0.6 is 15.9 Å². The molecule has 1 aromatic rings. The lowest BCUT2D eigenvalue weighted by atomic mass is 9.73. The lowest BCUT2D eigenvalue weighted by molar-refractivity contribution is 0.220. The van der Waals surface area contributed by atoms with Crippen LogP contribution in [0.4, 0.5) is 0 Å². The molecule has 1 fully saturated rings. The van der Waals surface area contributed by atoms with Gasteiger partial charge in [0.1, 0.15) is 5.75 Å². The van der Waals surface area contributed by atoms with Gasteiger partial charge in [0.25, 0.3) is 0 Å². The molecular weight excluding hydrogens is 304 g/mol. The summed E-state index contributed by atoms with van der Waals surface area (Å²) >= 11 is 3.68. The number of methoxy groups -OCH3 is 1. The number of halogens is 1. The standard InChI is InChI=1S/C15H23BrN2O/c1-7-8(2)15(19-4)12(9(3)13(7)16)14(18)10-5-11(17)6-10/h10-11,14H,5-6,17-18H2,1-4H3. The highest BCUT2D eigenvalue weighted by molar-refractivity contribution is 9.10. The topological polar surface area (TPSA) is 61.3 Å². The van der Waals surface area contributed by atoms with Gasteiger partial charge in [-0.25, -0.2) is 0 Å². The first-order chi connectivity index (χ1) is 8.88. The zero-order chi connectivity index (χ0) is 14.3. The van der Waals surface area contributed by atoms with Crippen molar-refractivity contribution in [1.29, 1.82) is 0 Å². The minimum absolute atomic E-state index is 0.00495. The second-order valence-corrected chi connectivity index (χ2v) is 6.45. The molecule has 2 rings (SSSR count). The van der Waals surface area contributed by atoms with Crippen molar-refractivity contribution in [3.05, 3.63) is 26.7 Å². The average molecular weight is 327 g/mol. The molecule has 106 valence electrons. The molecule has 0 aliphatic heterocycles. The van der Waals surface area contributed by atoms with Crippen LogP contribution in [-0.2, 0) is 0 Å². The van der Waals surface area contributed by atoms with Crippen LogP contribution < -0.4 is 16.2 Å². The Labute approximate surface area is 123 Å².